The molecule has 0 aliphatic carbocycles. The molecule has 1 saturated heterocycles. The summed E-state index contributed by atoms with van der Waals surface area (Å²) in [7, 11) is -3.89. The molecule has 0 spiro atoms. The predicted octanol–water partition coefficient (Wildman–Crippen LogP) is -3.67. The van der Waals surface area contributed by atoms with Crippen molar-refractivity contribution in [3.63, 3.8) is 0 Å². The SMILES string of the molecule is CC(n1nnnc1SCC1=C(C(=O)O)N2C(=O)C[C@H]2SC1)S(N)(=O)=O.[H-].[Na+]. The van der Waals surface area contributed by atoms with Crippen LogP contribution in [0, 0.1) is 0 Å². The van der Waals surface area contributed by atoms with Crippen LogP contribution in [0.5, 0.6) is 0 Å². The molecule has 1 amide bonds. The Balaban J connectivity index is 0.00000182. The minimum Gasteiger partial charge on any atom is -1.00 e. The van der Waals surface area contributed by atoms with Gasteiger partial charge in [0.1, 0.15) is 5.70 Å². The van der Waals surface area contributed by atoms with Crippen molar-refractivity contribution < 1.29 is 54.1 Å². The van der Waals surface area contributed by atoms with E-state index >= 15 is 0 Å². The Morgan fingerprint density at radius 2 is 2.27 bits per heavy atom. The second kappa shape index (κ2) is 8.16. The summed E-state index contributed by atoms with van der Waals surface area (Å²) < 4.78 is 24.0. The molecule has 11 nitrogen and oxygen atoms in total. The van der Waals surface area contributed by atoms with E-state index in [1.54, 1.807) is 0 Å². The van der Waals surface area contributed by atoms with Crippen molar-refractivity contribution in [3.05, 3.63) is 11.3 Å². The molecular formula is C11H15N6NaO5S3. The second-order valence-corrected chi connectivity index (χ2v) is 9.34. The van der Waals surface area contributed by atoms with Crippen molar-refractivity contribution in [1.29, 1.82) is 0 Å². The number of thioether (sulfide) groups is 2. The number of primary sulfonamides is 1. The van der Waals surface area contributed by atoms with Crippen LogP contribution in [-0.4, -0.2) is 67.4 Å². The summed E-state index contributed by atoms with van der Waals surface area (Å²) in [6.45, 7) is 1.34. The van der Waals surface area contributed by atoms with Crippen LogP contribution in [0.15, 0.2) is 16.4 Å². The number of hydrogen-bond acceptors (Lipinski definition) is 9. The van der Waals surface area contributed by atoms with Crippen LogP contribution in [0.4, 0.5) is 0 Å². The second-order valence-electron chi connectivity index (χ2n) is 5.37. The first-order valence-corrected chi connectivity index (χ1v) is 10.7. The zero-order valence-corrected chi connectivity index (χ0v) is 18.3. The Labute approximate surface area is 180 Å². The predicted molar refractivity (Wildman–Crippen MR) is 89.8 cm³/mol. The van der Waals surface area contributed by atoms with Gasteiger partial charge in [0.05, 0.1) is 11.8 Å². The van der Waals surface area contributed by atoms with E-state index in [0.717, 1.165) is 16.4 Å². The average Bonchev–Trinajstić information content (AvgIpc) is 2.98. The molecule has 0 radical (unpaired) electrons. The van der Waals surface area contributed by atoms with Crippen molar-refractivity contribution >= 4 is 45.4 Å². The number of rotatable bonds is 6. The van der Waals surface area contributed by atoms with Gasteiger partial charge in [-0.25, -0.2) is 23.0 Å². The third-order valence-electron chi connectivity index (χ3n) is 3.79. The van der Waals surface area contributed by atoms with Gasteiger partial charge in [0, 0.05) is 11.5 Å². The van der Waals surface area contributed by atoms with Crippen LogP contribution >= 0.6 is 23.5 Å². The summed E-state index contributed by atoms with van der Waals surface area (Å²) in [5, 5.41) is 24.3. The van der Waals surface area contributed by atoms with E-state index in [1.807, 2.05) is 0 Å². The van der Waals surface area contributed by atoms with Crippen LogP contribution < -0.4 is 34.7 Å². The summed E-state index contributed by atoms with van der Waals surface area (Å²) in [5.41, 5.74) is 0.552. The topological polar surface area (TPSA) is 161 Å². The van der Waals surface area contributed by atoms with Gasteiger partial charge >= 0.3 is 35.5 Å². The number of carboxylic acids is 1. The molecule has 1 aromatic rings. The number of carbonyl (C=O) groups is 2. The minimum atomic E-state index is -3.89. The van der Waals surface area contributed by atoms with Crippen LogP contribution in [0.2, 0.25) is 0 Å². The maximum Gasteiger partial charge on any atom is 1.00 e. The number of β-lactam (4-membered cyclic amide) rings is 1. The van der Waals surface area contributed by atoms with E-state index in [4.69, 9.17) is 5.14 Å². The number of tetrazole rings is 1. The summed E-state index contributed by atoms with van der Waals surface area (Å²) in [4.78, 5) is 24.6. The molecule has 3 N–H and O–H groups in total. The van der Waals surface area contributed by atoms with Crippen molar-refractivity contribution in [2.75, 3.05) is 11.5 Å². The number of carboxylic acid groups (broad SMARTS) is 1. The quantitative estimate of drug-likeness (QED) is 0.261. The van der Waals surface area contributed by atoms with Crippen LogP contribution in [0.1, 0.15) is 20.1 Å². The van der Waals surface area contributed by atoms with Crippen molar-refractivity contribution in [3.8, 4) is 0 Å². The molecule has 3 heterocycles. The molecular weight excluding hydrogens is 415 g/mol. The first-order chi connectivity index (χ1) is 11.7. The Morgan fingerprint density at radius 1 is 1.58 bits per heavy atom. The molecule has 1 aromatic heterocycles. The first-order valence-electron chi connectivity index (χ1n) is 7.01. The molecule has 3 rings (SSSR count). The zero-order valence-electron chi connectivity index (χ0n) is 14.9. The van der Waals surface area contributed by atoms with Crippen LogP contribution in [0.25, 0.3) is 0 Å². The van der Waals surface area contributed by atoms with Gasteiger partial charge in [0.25, 0.3) is 0 Å². The molecule has 138 valence electrons. The number of hydrogen-bond donors (Lipinski definition) is 2. The molecule has 0 bridgehead atoms. The summed E-state index contributed by atoms with van der Waals surface area (Å²) in [6.07, 6.45) is 0.339. The van der Waals surface area contributed by atoms with Gasteiger partial charge in [-0.1, -0.05) is 11.8 Å². The van der Waals surface area contributed by atoms with E-state index < -0.39 is 21.4 Å². The standard InChI is InChI=1S/C11H14N6O5S3.Na.H/c1-5(25(12,21)22)17-11(13-14-15-17)24-4-6-3-23-8-2-7(18)16(8)9(6)10(19)20;;/h5,8H,2-4H2,1H3,(H,19,20)(H2,12,21,22);;/q;+1;-1/t5?,8-;;/m1../s1. The fraction of sp³-hybridized carbons (Fsp3) is 0.545. The maximum absolute atomic E-state index is 11.7. The van der Waals surface area contributed by atoms with Gasteiger partial charge in [-0.05, 0) is 22.9 Å². The van der Waals surface area contributed by atoms with E-state index in [-0.39, 0.29) is 58.9 Å². The van der Waals surface area contributed by atoms with Gasteiger partial charge in [-0.2, -0.15) is 0 Å². The molecule has 2 aliphatic heterocycles. The number of nitrogens with zero attached hydrogens (tertiary/aromatic N) is 5. The Bertz CT molecular complexity index is 878. The molecule has 0 aromatic carbocycles. The van der Waals surface area contributed by atoms with Crippen molar-refractivity contribution in [1.82, 2.24) is 25.1 Å². The molecule has 2 atom stereocenters. The van der Waals surface area contributed by atoms with Crippen molar-refractivity contribution in [2.45, 2.75) is 29.2 Å². The van der Waals surface area contributed by atoms with Gasteiger partial charge in [0.2, 0.25) is 21.1 Å². The smallest absolute Gasteiger partial charge is 1.00 e. The van der Waals surface area contributed by atoms with Crippen molar-refractivity contribution in [2.24, 2.45) is 5.14 Å². The van der Waals surface area contributed by atoms with Gasteiger partial charge in [0.15, 0.2) is 5.37 Å². The zero-order chi connectivity index (χ0) is 18.4. The number of nitrogens with two attached hydrogens (primary N) is 1. The third kappa shape index (κ3) is 4.10. The fourth-order valence-electron chi connectivity index (χ4n) is 2.39. The largest absolute Gasteiger partial charge is 1.00 e. The van der Waals surface area contributed by atoms with Gasteiger partial charge < -0.3 is 6.53 Å². The molecule has 1 unspecified atom stereocenters. The summed E-state index contributed by atoms with van der Waals surface area (Å²) >= 11 is 2.58. The Morgan fingerprint density at radius 3 is 2.85 bits per heavy atom. The summed E-state index contributed by atoms with van der Waals surface area (Å²) in [5.74, 6) is -0.700. The monoisotopic (exact) mass is 430 g/mol. The molecule has 26 heavy (non-hydrogen) atoms. The van der Waals surface area contributed by atoms with E-state index in [9.17, 15) is 23.1 Å². The minimum absolute atomic E-state index is 0. The number of fused-ring (bicyclic) bond motifs is 1. The van der Waals surface area contributed by atoms with Gasteiger partial charge in [-0.3, -0.25) is 9.69 Å². The number of amides is 1. The first kappa shape index (κ1) is 21.7. The number of aromatic nitrogens is 4. The Hall–Kier alpha value is -0.640. The van der Waals surface area contributed by atoms with E-state index in [0.29, 0.717) is 17.7 Å². The normalized spacial score (nSPS) is 20.9. The third-order valence-corrected chi connectivity index (χ3v) is 7.24. The van der Waals surface area contributed by atoms with E-state index in [2.05, 4.69) is 15.5 Å². The fourth-order valence-corrected chi connectivity index (χ4v) is 5.23. The average molecular weight is 430 g/mol. The molecule has 1 fully saturated rings. The molecule has 2 aliphatic rings. The van der Waals surface area contributed by atoms with Crippen LogP contribution in [0.3, 0.4) is 0 Å². The van der Waals surface area contributed by atoms with Gasteiger partial charge in [-0.15, -0.1) is 16.9 Å². The van der Waals surface area contributed by atoms with E-state index in [1.165, 1.54) is 23.6 Å². The Kier molecular flexibility index (Phi) is 6.80. The number of carbonyl (C=O) groups excluding carboxylic acids is 1. The number of aliphatic carboxylic acids is 1. The maximum atomic E-state index is 11.7. The molecule has 0 saturated carbocycles. The number of sulfonamides is 1. The molecule has 15 heteroatoms. The van der Waals surface area contributed by atoms with Crippen LogP contribution in [-0.2, 0) is 19.6 Å². The summed E-state index contributed by atoms with van der Waals surface area (Å²) in [6, 6.07) is 0.